The Kier molecular flexibility index (Phi) is 5.09. The predicted molar refractivity (Wildman–Crippen MR) is 98.0 cm³/mol. The average Bonchev–Trinajstić information content (AvgIpc) is 2.49. The molecular weight excluding hydrogens is 284 g/mol. The van der Waals surface area contributed by atoms with Gasteiger partial charge in [-0.15, -0.1) is 0 Å². The Balaban J connectivity index is 2.00. The second-order valence-corrected chi connectivity index (χ2v) is 7.00. The van der Waals surface area contributed by atoms with Crippen LogP contribution in [0.15, 0.2) is 48.5 Å². The summed E-state index contributed by atoms with van der Waals surface area (Å²) in [4.78, 5) is 12.3. The zero-order valence-corrected chi connectivity index (χ0v) is 14.6. The Hall–Kier alpha value is -2.29. The van der Waals surface area contributed by atoms with E-state index in [1.807, 2.05) is 50.2 Å². The minimum absolute atomic E-state index is 0.0424. The van der Waals surface area contributed by atoms with Gasteiger partial charge in [-0.2, -0.15) is 0 Å². The van der Waals surface area contributed by atoms with Crippen LogP contribution < -0.4 is 10.6 Å². The highest BCUT2D eigenvalue weighted by atomic mass is 16.2. The van der Waals surface area contributed by atoms with Crippen molar-refractivity contribution in [1.82, 2.24) is 0 Å². The van der Waals surface area contributed by atoms with Crippen molar-refractivity contribution in [3.63, 3.8) is 0 Å². The van der Waals surface area contributed by atoms with Crippen molar-refractivity contribution in [2.45, 2.75) is 46.1 Å². The van der Waals surface area contributed by atoms with E-state index in [0.29, 0.717) is 0 Å². The zero-order valence-electron chi connectivity index (χ0n) is 14.6. The fourth-order valence-corrected chi connectivity index (χ4v) is 2.34. The molecule has 0 aliphatic rings. The molecule has 3 heteroatoms. The number of carbonyl (C=O) groups excluding carboxylic acids is 1. The van der Waals surface area contributed by atoms with E-state index < -0.39 is 0 Å². The van der Waals surface area contributed by atoms with Crippen LogP contribution in [0.4, 0.5) is 11.4 Å². The molecule has 0 aliphatic heterocycles. The highest BCUT2D eigenvalue weighted by Crippen LogP contribution is 2.23. The number of nitrogens with one attached hydrogen (secondary N) is 2. The van der Waals surface area contributed by atoms with Crippen LogP contribution in [0.1, 0.15) is 38.8 Å². The van der Waals surface area contributed by atoms with Crippen molar-refractivity contribution >= 4 is 17.3 Å². The Bertz CT molecular complexity index is 669. The lowest BCUT2D eigenvalue weighted by Crippen LogP contribution is -2.32. The van der Waals surface area contributed by atoms with Crippen molar-refractivity contribution in [1.29, 1.82) is 0 Å². The normalized spacial score (nSPS) is 12.6. The molecule has 1 amide bonds. The quantitative estimate of drug-likeness (QED) is 0.857. The zero-order chi connectivity index (χ0) is 17.0. The van der Waals surface area contributed by atoms with Gasteiger partial charge >= 0.3 is 0 Å². The molecule has 0 bridgehead atoms. The molecule has 2 N–H and O–H groups in total. The van der Waals surface area contributed by atoms with Gasteiger partial charge in [-0.1, -0.05) is 51.1 Å². The second-order valence-electron chi connectivity index (χ2n) is 7.00. The van der Waals surface area contributed by atoms with Crippen LogP contribution in [0.2, 0.25) is 0 Å². The summed E-state index contributed by atoms with van der Waals surface area (Å²) >= 11 is 0. The second kappa shape index (κ2) is 6.86. The third-order valence-electron chi connectivity index (χ3n) is 3.93. The van der Waals surface area contributed by atoms with Crippen LogP contribution in [0.3, 0.4) is 0 Å². The molecule has 1 atom stereocenters. The lowest BCUT2D eigenvalue weighted by Gasteiger charge is -2.20. The molecule has 0 spiro atoms. The fraction of sp³-hybridized carbons (Fsp3) is 0.350. The summed E-state index contributed by atoms with van der Waals surface area (Å²) in [6.07, 6.45) is 0. The molecule has 1 unspecified atom stereocenters. The number of rotatable bonds is 4. The van der Waals surface area contributed by atoms with Gasteiger partial charge in [0.1, 0.15) is 6.04 Å². The number of para-hydroxylation sites is 1. The van der Waals surface area contributed by atoms with E-state index >= 15 is 0 Å². The Labute approximate surface area is 139 Å². The first kappa shape index (κ1) is 17.1. The van der Waals surface area contributed by atoms with Gasteiger partial charge in [0, 0.05) is 11.4 Å². The number of carbonyl (C=O) groups is 1. The van der Waals surface area contributed by atoms with Gasteiger partial charge in [-0.25, -0.2) is 0 Å². The summed E-state index contributed by atoms with van der Waals surface area (Å²) in [6, 6.07) is 15.7. The molecule has 122 valence electrons. The van der Waals surface area contributed by atoms with Crippen LogP contribution in [0.5, 0.6) is 0 Å². The minimum Gasteiger partial charge on any atom is -0.374 e. The third-order valence-corrected chi connectivity index (χ3v) is 3.93. The van der Waals surface area contributed by atoms with E-state index in [1.54, 1.807) is 0 Å². The predicted octanol–water partition coefficient (Wildman–Crippen LogP) is 4.73. The van der Waals surface area contributed by atoms with Crippen molar-refractivity contribution in [3.05, 3.63) is 59.7 Å². The summed E-state index contributed by atoms with van der Waals surface area (Å²) in [5.41, 5.74) is 4.27. The van der Waals surface area contributed by atoms with Crippen molar-refractivity contribution in [3.8, 4) is 0 Å². The molecule has 0 fully saturated rings. The van der Waals surface area contributed by atoms with E-state index in [4.69, 9.17) is 0 Å². The standard InChI is InChI=1S/C20H26N2O/c1-14-8-6-7-9-18(14)22-19(23)15(2)21-17-12-10-16(11-13-17)20(3,4)5/h6-13,15,21H,1-5H3,(H,22,23). The third kappa shape index (κ3) is 4.59. The molecule has 2 aromatic rings. The van der Waals surface area contributed by atoms with Crippen molar-refractivity contribution in [2.24, 2.45) is 0 Å². The molecule has 2 rings (SSSR count). The first-order chi connectivity index (χ1) is 10.8. The van der Waals surface area contributed by atoms with Gasteiger partial charge in [0.05, 0.1) is 0 Å². The van der Waals surface area contributed by atoms with E-state index in [1.165, 1.54) is 5.56 Å². The summed E-state index contributed by atoms with van der Waals surface area (Å²) in [5, 5.41) is 6.21. The van der Waals surface area contributed by atoms with Gasteiger partial charge in [-0.3, -0.25) is 4.79 Å². The molecule has 0 aliphatic carbocycles. The smallest absolute Gasteiger partial charge is 0.246 e. The van der Waals surface area contributed by atoms with Gasteiger partial charge < -0.3 is 10.6 Å². The maximum Gasteiger partial charge on any atom is 0.246 e. The van der Waals surface area contributed by atoms with Gasteiger partial charge in [0.15, 0.2) is 0 Å². The molecule has 0 heterocycles. The number of anilines is 2. The van der Waals surface area contributed by atoms with Gasteiger partial charge in [-0.05, 0) is 48.6 Å². The summed E-state index contributed by atoms with van der Waals surface area (Å²) in [5.74, 6) is -0.0424. The van der Waals surface area contributed by atoms with Crippen LogP contribution in [0.25, 0.3) is 0 Å². The maximum atomic E-state index is 12.3. The monoisotopic (exact) mass is 310 g/mol. The highest BCUT2D eigenvalue weighted by molar-refractivity contribution is 5.96. The van der Waals surface area contributed by atoms with E-state index in [2.05, 4.69) is 43.5 Å². The first-order valence-electron chi connectivity index (χ1n) is 8.01. The molecule has 0 radical (unpaired) electrons. The number of aryl methyl sites for hydroxylation is 1. The molecule has 0 saturated heterocycles. The maximum absolute atomic E-state index is 12.3. The summed E-state index contributed by atoms with van der Waals surface area (Å²) < 4.78 is 0. The van der Waals surface area contributed by atoms with Crippen LogP contribution in [-0.2, 0) is 10.2 Å². The van der Waals surface area contributed by atoms with E-state index in [9.17, 15) is 4.79 Å². The Morgan fingerprint density at radius 3 is 2.17 bits per heavy atom. The van der Waals surface area contributed by atoms with Crippen LogP contribution in [-0.4, -0.2) is 11.9 Å². The number of hydrogen-bond donors (Lipinski definition) is 2. The van der Waals surface area contributed by atoms with Crippen LogP contribution >= 0.6 is 0 Å². The minimum atomic E-state index is -0.310. The average molecular weight is 310 g/mol. The van der Waals surface area contributed by atoms with E-state index in [-0.39, 0.29) is 17.4 Å². The molecule has 2 aromatic carbocycles. The lowest BCUT2D eigenvalue weighted by molar-refractivity contribution is -0.116. The summed E-state index contributed by atoms with van der Waals surface area (Å²) in [6.45, 7) is 10.4. The number of benzene rings is 2. The molecular formula is C20H26N2O. The molecule has 0 saturated carbocycles. The number of amides is 1. The largest absolute Gasteiger partial charge is 0.374 e. The fourth-order valence-electron chi connectivity index (χ4n) is 2.34. The highest BCUT2D eigenvalue weighted by Gasteiger charge is 2.15. The summed E-state index contributed by atoms with van der Waals surface area (Å²) in [7, 11) is 0. The Morgan fingerprint density at radius 1 is 1.00 bits per heavy atom. The molecule has 3 nitrogen and oxygen atoms in total. The number of hydrogen-bond acceptors (Lipinski definition) is 2. The Morgan fingerprint density at radius 2 is 1.61 bits per heavy atom. The van der Waals surface area contributed by atoms with Crippen LogP contribution in [0, 0.1) is 6.92 Å². The SMILES string of the molecule is Cc1ccccc1NC(=O)C(C)Nc1ccc(C(C)(C)C)cc1. The van der Waals surface area contributed by atoms with Crippen molar-refractivity contribution in [2.75, 3.05) is 10.6 Å². The molecule has 23 heavy (non-hydrogen) atoms. The first-order valence-corrected chi connectivity index (χ1v) is 8.01. The van der Waals surface area contributed by atoms with E-state index in [0.717, 1.165) is 16.9 Å². The van der Waals surface area contributed by atoms with Gasteiger partial charge in [0.2, 0.25) is 5.91 Å². The lowest BCUT2D eigenvalue weighted by atomic mass is 9.87. The van der Waals surface area contributed by atoms with Crippen molar-refractivity contribution < 1.29 is 4.79 Å². The molecule has 0 aromatic heterocycles. The topological polar surface area (TPSA) is 41.1 Å². The van der Waals surface area contributed by atoms with Gasteiger partial charge in [0.25, 0.3) is 0 Å².